The smallest absolute Gasteiger partial charge is 0.469 e. The number of pyridine rings is 1. The maximum absolute atomic E-state index is 12.3. The third-order valence-corrected chi connectivity index (χ3v) is 2.71. The summed E-state index contributed by atoms with van der Waals surface area (Å²) in [5.74, 6) is -1.75. The number of aromatic amines is 1. The van der Waals surface area contributed by atoms with Gasteiger partial charge in [-0.2, -0.15) is 0 Å². The lowest BCUT2D eigenvalue weighted by Crippen LogP contribution is -2.25. The van der Waals surface area contributed by atoms with Crippen LogP contribution in [0.5, 0.6) is 5.75 Å². The molecule has 0 atom stereocenters. The van der Waals surface area contributed by atoms with Crippen molar-refractivity contribution in [2.45, 2.75) is 18.1 Å². The van der Waals surface area contributed by atoms with Crippen molar-refractivity contribution < 1.29 is 27.4 Å². The van der Waals surface area contributed by atoms with Crippen LogP contribution in [0.15, 0.2) is 11.0 Å². The van der Waals surface area contributed by atoms with E-state index in [9.17, 15) is 22.8 Å². The van der Waals surface area contributed by atoms with Crippen LogP contribution < -0.4 is 10.2 Å². The lowest BCUT2D eigenvalue weighted by molar-refractivity contribution is -0.275. The first-order valence-corrected chi connectivity index (χ1v) is 6.02. The molecule has 0 fully saturated rings. The van der Waals surface area contributed by atoms with Crippen molar-refractivity contribution >= 4 is 21.9 Å². The van der Waals surface area contributed by atoms with E-state index in [2.05, 4.69) is 30.4 Å². The van der Waals surface area contributed by atoms with Crippen LogP contribution in [-0.4, -0.2) is 24.4 Å². The van der Waals surface area contributed by atoms with E-state index in [1.165, 1.54) is 6.20 Å². The van der Waals surface area contributed by atoms with E-state index in [0.717, 1.165) is 7.11 Å². The number of H-pyrrole nitrogens is 1. The van der Waals surface area contributed by atoms with Gasteiger partial charge in [0.1, 0.15) is 0 Å². The Morgan fingerprint density at radius 1 is 1.47 bits per heavy atom. The van der Waals surface area contributed by atoms with E-state index in [1.807, 2.05) is 0 Å². The SMILES string of the molecule is COC(=O)Cc1[nH]cc(CBr)c(=O)c1OC(F)(F)F. The predicted octanol–water partition coefficient (Wildman–Crippen LogP) is 1.88. The number of hydrogen-bond acceptors (Lipinski definition) is 4. The second-order valence-corrected chi connectivity index (χ2v) is 3.95. The second kappa shape index (κ2) is 6.09. The summed E-state index contributed by atoms with van der Waals surface area (Å²) >= 11 is 2.96. The summed E-state index contributed by atoms with van der Waals surface area (Å²) in [6.07, 6.45) is -4.35. The quantitative estimate of drug-likeness (QED) is 0.669. The fourth-order valence-electron chi connectivity index (χ4n) is 1.26. The number of ether oxygens (including phenoxy) is 2. The number of carbonyl (C=O) groups excluding carboxylic acids is 1. The Labute approximate surface area is 113 Å². The zero-order valence-corrected chi connectivity index (χ0v) is 11.2. The summed E-state index contributed by atoms with van der Waals surface area (Å²) in [4.78, 5) is 25.2. The van der Waals surface area contributed by atoms with E-state index in [4.69, 9.17) is 0 Å². The Hall–Kier alpha value is -1.51. The Balaban J connectivity index is 3.26. The highest BCUT2D eigenvalue weighted by atomic mass is 79.9. The van der Waals surface area contributed by atoms with Gasteiger partial charge in [0.2, 0.25) is 5.43 Å². The molecule has 0 aliphatic carbocycles. The molecule has 19 heavy (non-hydrogen) atoms. The molecule has 0 aromatic carbocycles. The number of carbonyl (C=O) groups is 1. The molecule has 1 heterocycles. The fourth-order valence-corrected chi connectivity index (χ4v) is 1.68. The van der Waals surface area contributed by atoms with Gasteiger partial charge in [-0.05, 0) is 0 Å². The summed E-state index contributed by atoms with van der Waals surface area (Å²) in [5, 5.41) is 0.0506. The van der Waals surface area contributed by atoms with Crippen LogP contribution >= 0.6 is 15.9 Å². The average Bonchev–Trinajstić information content (AvgIpc) is 2.32. The summed E-state index contributed by atoms with van der Waals surface area (Å²) < 4.78 is 44.8. The highest BCUT2D eigenvalue weighted by molar-refractivity contribution is 9.08. The van der Waals surface area contributed by atoms with E-state index < -0.39 is 29.9 Å². The van der Waals surface area contributed by atoms with Gasteiger partial charge in [-0.3, -0.25) is 9.59 Å². The molecule has 0 saturated carbocycles. The van der Waals surface area contributed by atoms with Crippen LogP contribution in [0.25, 0.3) is 0 Å². The number of nitrogens with one attached hydrogen (secondary N) is 1. The van der Waals surface area contributed by atoms with Crippen LogP contribution in [0.3, 0.4) is 0 Å². The minimum absolute atomic E-state index is 0.0489. The maximum Gasteiger partial charge on any atom is 0.573 e. The molecule has 1 aromatic rings. The molecule has 0 bridgehead atoms. The second-order valence-electron chi connectivity index (χ2n) is 3.39. The molecule has 9 heteroatoms. The van der Waals surface area contributed by atoms with E-state index >= 15 is 0 Å². The monoisotopic (exact) mass is 343 g/mol. The molecule has 106 valence electrons. The standard InChI is InChI=1S/C10H9BrF3NO4/c1-18-7(16)2-6-9(19-10(12,13)14)8(17)5(3-11)4-15-6/h4H,2-3H2,1H3,(H,15,17). The fraction of sp³-hybridized carbons (Fsp3) is 0.400. The van der Waals surface area contributed by atoms with Crippen LogP contribution in [0.1, 0.15) is 11.3 Å². The lowest BCUT2D eigenvalue weighted by atomic mass is 10.2. The first kappa shape index (κ1) is 15.5. The Morgan fingerprint density at radius 3 is 2.58 bits per heavy atom. The summed E-state index contributed by atoms with van der Waals surface area (Å²) in [6.45, 7) is 0. The van der Waals surface area contributed by atoms with E-state index in [1.54, 1.807) is 0 Å². The van der Waals surface area contributed by atoms with Gasteiger partial charge in [0.25, 0.3) is 0 Å². The van der Waals surface area contributed by atoms with Crippen molar-refractivity contribution in [2.75, 3.05) is 7.11 Å². The number of hydrogen-bond donors (Lipinski definition) is 1. The Kier molecular flexibility index (Phi) is 4.98. The molecule has 5 nitrogen and oxygen atoms in total. The molecular weight excluding hydrogens is 335 g/mol. The molecule has 0 radical (unpaired) electrons. The molecule has 0 spiro atoms. The lowest BCUT2D eigenvalue weighted by Gasteiger charge is -2.12. The molecule has 0 aliphatic heterocycles. The minimum atomic E-state index is -5.02. The number of halogens is 4. The number of methoxy groups -OCH3 is 1. The van der Waals surface area contributed by atoms with Crippen molar-refractivity contribution in [1.82, 2.24) is 4.98 Å². The van der Waals surface area contributed by atoms with Gasteiger partial charge < -0.3 is 14.5 Å². The Bertz CT molecular complexity index is 526. The highest BCUT2D eigenvalue weighted by Gasteiger charge is 2.34. The first-order chi connectivity index (χ1) is 8.78. The summed E-state index contributed by atoms with van der Waals surface area (Å²) in [5.41, 5.74) is -1.18. The third kappa shape index (κ3) is 4.27. The summed E-state index contributed by atoms with van der Waals surface area (Å²) in [6, 6.07) is 0. The van der Waals surface area contributed by atoms with E-state index in [0.29, 0.717) is 0 Å². The number of esters is 1. The average molecular weight is 344 g/mol. The van der Waals surface area contributed by atoms with Crippen molar-refractivity contribution in [1.29, 1.82) is 0 Å². The molecule has 0 amide bonds. The van der Waals surface area contributed by atoms with Gasteiger partial charge >= 0.3 is 12.3 Å². The van der Waals surface area contributed by atoms with Crippen molar-refractivity contribution in [3.8, 4) is 5.75 Å². The number of aromatic nitrogens is 1. The van der Waals surface area contributed by atoms with Crippen LogP contribution in [0.2, 0.25) is 0 Å². The maximum atomic E-state index is 12.3. The third-order valence-electron chi connectivity index (χ3n) is 2.10. The number of rotatable bonds is 4. The first-order valence-electron chi connectivity index (χ1n) is 4.90. The van der Waals surface area contributed by atoms with Gasteiger partial charge in [0, 0.05) is 17.1 Å². The predicted molar refractivity (Wildman–Crippen MR) is 62.1 cm³/mol. The normalized spacial score (nSPS) is 11.2. The molecule has 1 N–H and O–H groups in total. The van der Waals surface area contributed by atoms with Gasteiger partial charge in [0.15, 0.2) is 5.75 Å². The van der Waals surface area contributed by atoms with Crippen LogP contribution in [0, 0.1) is 0 Å². The van der Waals surface area contributed by atoms with Crippen molar-refractivity contribution in [3.05, 3.63) is 27.7 Å². The summed E-state index contributed by atoms with van der Waals surface area (Å²) in [7, 11) is 1.08. The molecule has 0 saturated heterocycles. The van der Waals surface area contributed by atoms with Gasteiger partial charge in [-0.25, -0.2) is 0 Å². The zero-order valence-electron chi connectivity index (χ0n) is 9.64. The van der Waals surface area contributed by atoms with E-state index in [-0.39, 0.29) is 16.6 Å². The zero-order chi connectivity index (χ0) is 14.6. The van der Waals surface area contributed by atoms with Crippen molar-refractivity contribution in [2.24, 2.45) is 0 Å². The van der Waals surface area contributed by atoms with Crippen molar-refractivity contribution in [3.63, 3.8) is 0 Å². The van der Waals surface area contributed by atoms with Gasteiger partial charge in [-0.1, -0.05) is 15.9 Å². The van der Waals surface area contributed by atoms with Gasteiger partial charge in [-0.15, -0.1) is 13.2 Å². The topological polar surface area (TPSA) is 68.4 Å². The molecule has 1 aromatic heterocycles. The largest absolute Gasteiger partial charge is 0.573 e. The molecule has 0 unspecified atom stereocenters. The minimum Gasteiger partial charge on any atom is -0.469 e. The molecular formula is C10H9BrF3NO4. The Morgan fingerprint density at radius 2 is 2.11 bits per heavy atom. The molecule has 0 aliphatic rings. The van der Waals surface area contributed by atoms with Crippen LogP contribution in [-0.2, 0) is 21.3 Å². The van der Waals surface area contributed by atoms with Crippen LogP contribution in [0.4, 0.5) is 13.2 Å². The van der Waals surface area contributed by atoms with Gasteiger partial charge in [0.05, 0.1) is 19.2 Å². The highest BCUT2D eigenvalue weighted by Crippen LogP contribution is 2.23. The molecule has 1 rings (SSSR count). The number of alkyl halides is 4.